The monoisotopic (exact) mass is 419 g/mol. The van der Waals surface area contributed by atoms with E-state index in [0.717, 1.165) is 40.8 Å². The van der Waals surface area contributed by atoms with Gasteiger partial charge < -0.3 is 4.74 Å². The lowest BCUT2D eigenvalue weighted by Gasteiger charge is -2.20. The molecule has 0 aliphatic heterocycles. The first kappa shape index (κ1) is 20.3. The van der Waals surface area contributed by atoms with Crippen molar-refractivity contribution in [3.63, 3.8) is 0 Å². The van der Waals surface area contributed by atoms with E-state index in [0.29, 0.717) is 6.54 Å². The number of benzene rings is 2. The van der Waals surface area contributed by atoms with Crippen LogP contribution in [0.5, 0.6) is 5.75 Å². The molecule has 0 aliphatic carbocycles. The van der Waals surface area contributed by atoms with E-state index < -0.39 is 0 Å². The first-order valence-electron chi connectivity index (χ1n) is 10.00. The van der Waals surface area contributed by atoms with Gasteiger partial charge in [-0.05, 0) is 48.9 Å². The van der Waals surface area contributed by atoms with Crippen molar-refractivity contribution in [2.45, 2.75) is 26.9 Å². The van der Waals surface area contributed by atoms with Gasteiger partial charge in [0.25, 0.3) is 5.56 Å². The van der Waals surface area contributed by atoms with Crippen molar-refractivity contribution in [2.24, 2.45) is 0 Å². The van der Waals surface area contributed by atoms with Crippen LogP contribution in [0.4, 0.5) is 0 Å². The molecule has 0 spiro atoms. The molecular formula is C24H25N3O2S. The van der Waals surface area contributed by atoms with Gasteiger partial charge in [-0.3, -0.25) is 14.1 Å². The summed E-state index contributed by atoms with van der Waals surface area (Å²) < 4.78 is 6.91. The van der Waals surface area contributed by atoms with Crippen molar-refractivity contribution >= 4 is 16.3 Å². The zero-order valence-electron chi connectivity index (χ0n) is 17.5. The Hall–Kier alpha value is -2.96. The second-order valence-corrected chi connectivity index (χ2v) is 8.18. The van der Waals surface area contributed by atoms with Gasteiger partial charge in [-0.1, -0.05) is 36.8 Å². The highest BCUT2D eigenvalue weighted by molar-refractivity contribution is 7.15. The highest BCUT2D eigenvalue weighted by Crippen LogP contribution is 2.26. The molecule has 6 heteroatoms. The maximum absolute atomic E-state index is 12.9. The van der Waals surface area contributed by atoms with E-state index in [2.05, 4.69) is 43.0 Å². The number of ether oxygens (including phenoxy) is 1. The van der Waals surface area contributed by atoms with Crippen molar-refractivity contribution in [1.82, 2.24) is 14.3 Å². The van der Waals surface area contributed by atoms with Crippen molar-refractivity contribution in [2.75, 3.05) is 13.7 Å². The van der Waals surface area contributed by atoms with Crippen LogP contribution in [0.15, 0.2) is 64.8 Å². The SMILES string of the molecule is CCN(Cc1ccc(C)cc1)Cc1cc(=O)n2c(-c3ccc(OC)cc3)csc2n1. The van der Waals surface area contributed by atoms with Gasteiger partial charge in [0, 0.05) is 24.5 Å². The van der Waals surface area contributed by atoms with Crippen molar-refractivity contribution in [3.05, 3.63) is 87.2 Å². The predicted octanol–water partition coefficient (Wildman–Crippen LogP) is 4.76. The summed E-state index contributed by atoms with van der Waals surface area (Å²) in [5, 5.41) is 1.99. The molecule has 4 aromatic rings. The number of nitrogens with zero attached hydrogens (tertiary/aromatic N) is 3. The molecule has 4 rings (SSSR count). The van der Waals surface area contributed by atoms with Crippen LogP contribution in [0, 0.1) is 6.92 Å². The Bertz CT molecular complexity index is 1190. The van der Waals surface area contributed by atoms with Crippen molar-refractivity contribution in [3.8, 4) is 17.0 Å². The third-order valence-corrected chi connectivity index (χ3v) is 6.03. The summed E-state index contributed by atoms with van der Waals surface area (Å²) in [6, 6.07) is 17.9. The Morgan fingerprint density at radius 2 is 1.80 bits per heavy atom. The number of thiazole rings is 1. The molecule has 0 saturated heterocycles. The van der Waals surface area contributed by atoms with Crippen LogP contribution >= 0.6 is 11.3 Å². The van der Waals surface area contributed by atoms with Gasteiger partial charge in [0.05, 0.1) is 18.5 Å². The normalized spacial score (nSPS) is 11.3. The summed E-state index contributed by atoms with van der Waals surface area (Å²) in [6.45, 7) is 6.59. The number of rotatable bonds is 7. The number of hydrogen-bond donors (Lipinski definition) is 0. The van der Waals surface area contributed by atoms with Gasteiger partial charge in [-0.2, -0.15) is 0 Å². The smallest absolute Gasteiger partial charge is 0.259 e. The van der Waals surface area contributed by atoms with Crippen molar-refractivity contribution in [1.29, 1.82) is 0 Å². The quantitative estimate of drug-likeness (QED) is 0.433. The molecule has 0 atom stereocenters. The molecule has 0 aliphatic rings. The van der Waals surface area contributed by atoms with E-state index in [1.165, 1.54) is 22.5 Å². The fourth-order valence-corrected chi connectivity index (χ4v) is 4.39. The number of hydrogen-bond acceptors (Lipinski definition) is 5. The number of methoxy groups -OCH3 is 1. The van der Waals surface area contributed by atoms with Crippen LogP contribution in [0.2, 0.25) is 0 Å². The first-order valence-corrected chi connectivity index (χ1v) is 10.9. The average molecular weight is 420 g/mol. The van der Waals surface area contributed by atoms with E-state index >= 15 is 0 Å². The Morgan fingerprint density at radius 3 is 2.47 bits per heavy atom. The van der Waals surface area contributed by atoms with E-state index in [9.17, 15) is 4.79 Å². The second kappa shape index (κ2) is 8.81. The van der Waals surface area contributed by atoms with Crippen LogP contribution in [-0.2, 0) is 13.1 Å². The molecule has 0 fully saturated rings. The standard InChI is InChI=1S/C24H25N3O2S/c1-4-26(14-18-7-5-17(2)6-8-18)15-20-13-23(28)27-22(16-30-24(27)25-20)19-9-11-21(29-3)12-10-19/h5-13,16H,4,14-15H2,1-3H3. The minimum absolute atomic E-state index is 0.0477. The van der Waals surface area contributed by atoms with E-state index in [1.54, 1.807) is 17.6 Å². The number of aromatic nitrogens is 2. The molecular weight excluding hydrogens is 394 g/mol. The molecule has 0 amide bonds. The lowest BCUT2D eigenvalue weighted by atomic mass is 10.1. The lowest BCUT2D eigenvalue weighted by molar-refractivity contribution is 0.268. The summed E-state index contributed by atoms with van der Waals surface area (Å²) in [7, 11) is 1.64. The minimum Gasteiger partial charge on any atom is -0.497 e. The molecule has 2 heterocycles. The van der Waals surface area contributed by atoms with E-state index in [-0.39, 0.29) is 5.56 Å². The molecule has 0 bridgehead atoms. The summed E-state index contributed by atoms with van der Waals surface area (Å²) in [6.07, 6.45) is 0. The summed E-state index contributed by atoms with van der Waals surface area (Å²) in [5.41, 5.74) is 5.10. The van der Waals surface area contributed by atoms with Gasteiger partial charge in [0.2, 0.25) is 0 Å². The van der Waals surface area contributed by atoms with Crippen LogP contribution in [0.25, 0.3) is 16.2 Å². The Balaban J connectivity index is 1.59. The van der Waals surface area contributed by atoms with E-state index in [1.807, 2.05) is 29.6 Å². The van der Waals surface area contributed by atoms with Gasteiger partial charge in [-0.25, -0.2) is 4.98 Å². The highest BCUT2D eigenvalue weighted by Gasteiger charge is 2.13. The maximum Gasteiger partial charge on any atom is 0.259 e. The third-order valence-electron chi connectivity index (χ3n) is 5.20. The molecule has 30 heavy (non-hydrogen) atoms. The Morgan fingerprint density at radius 1 is 1.07 bits per heavy atom. The molecule has 2 aromatic heterocycles. The van der Waals surface area contributed by atoms with Crippen LogP contribution in [-0.4, -0.2) is 27.9 Å². The minimum atomic E-state index is -0.0477. The fraction of sp³-hybridized carbons (Fsp3) is 0.250. The zero-order chi connectivity index (χ0) is 21.1. The van der Waals surface area contributed by atoms with E-state index in [4.69, 9.17) is 9.72 Å². The summed E-state index contributed by atoms with van der Waals surface area (Å²) in [5.74, 6) is 0.791. The third kappa shape index (κ3) is 4.30. The molecule has 0 radical (unpaired) electrons. The van der Waals surface area contributed by atoms with Crippen LogP contribution < -0.4 is 10.3 Å². The fourth-order valence-electron chi connectivity index (χ4n) is 3.47. The Kier molecular flexibility index (Phi) is 5.97. The second-order valence-electron chi connectivity index (χ2n) is 7.34. The van der Waals surface area contributed by atoms with Gasteiger partial charge in [-0.15, -0.1) is 11.3 Å². The zero-order valence-corrected chi connectivity index (χ0v) is 18.3. The molecule has 0 N–H and O–H groups in total. The summed E-state index contributed by atoms with van der Waals surface area (Å²) in [4.78, 5) is 20.7. The topological polar surface area (TPSA) is 46.8 Å². The molecule has 5 nitrogen and oxygen atoms in total. The molecule has 0 saturated carbocycles. The number of fused-ring (bicyclic) bond motifs is 1. The maximum atomic E-state index is 12.9. The molecule has 154 valence electrons. The van der Waals surface area contributed by atoms with Gasteiger partial charge in [0.1, 0.15) is 5.75 Å². The van der Waals surface area contributed by atoms with Crippen molar-refractivity contribution < 1.29 is 4.74 Å². The Labute approximate surface area is 180 Å². The lowest BCUT2D eigenvalue weighted by Crippen LogP contribution is -2.25. The van der Waals surface area contributed by atoms with Crippen LogP contribution in [0.1, 0.15) is 23.7 Å². The first-order chi connectivity index (χ1) is 14.6. The predicted molar refractivity (Wildman–Crippen MR) is 122 cm³/mol. The molecule has 0 unspecified atom stereocenters. The number of aryl methyl sites for hydroxylation is 1. The largest absolute Gasteiger partial charge is 0.497 e. The van der Waals surface area contributed by atoms with Crippen LogP contribution in [0.3, 0.4) is 0 Å². The average Bonchev–Trinajstić information content (AvgIpc) is 3.19. The van der Waals surface area contributed by atoms with Gasteiger partial charge in [0.15, 0.2) is 4.96 Å². The summed E-state index contributed by atoms with van der Waals surface area (Å²) >= 11 is 1.49. The molecule has 2 aromatic carbocycles. The highest BCUT2D eigenvalue weighted by atomic mass is 32.1. The van der Waals surface area contributed by atoms with Gasteiger partial charge >= 0.3 is 0 Å².